The first-order valence-corrected chi connectivity index (χ1v) is 9.34. The van der Waals surface area contributed by atoms with E-state index in [2.05, 4.69) is 5.32 Å². The van der Waals surface area contributed by atoms with Gasteiger partial charge >= 0.3 is 5.97 Å². The molecule has 2 unspecified atom stereocenters. The molecule has 6 nitrogen and oxygen atoms in total. The second kappa shape index (κ2) is 9.99. The average Bonchev–Trinajstić information content (AvgIpc) is 2.68. The molecule has 0 aliphatic heterocycles. The molecule has 0 saturated heterocycles. The van der Waals surface area contributed by atoms with Gasteiger partial charge in [-0.2, -0.15) is 0 Å². The number of anilines is 1. The average molecular weight is 406 g/mol. The standard InChI is InChI=1S/C21H24ClNO5/c1-5-13(2)27-21(25)14(3)28-17-9-6-15(7-10-17)20(24)23-16-8-11-19(26-4)18(22)12-16/h6-14H,5H2,1-4H3,(H,23,24). The molecule has 0 aliphatic carbocycles. The van der Waals surface area contributed by atoms with Crippen molar-refractivity contribution in [3.05, 3.63) is 53.1 Å². The highest BCUT2D eigenvalue weighted by Crippen LogP contribution is 2.27. The molecule has 0 heterocycles. The fourth-order valence-electron chi connectivity index (χ4n) is 2.26. The molecule has 1 amide bonds. The highest BCUT2D eigenvalue weighted by Gasteiger charge is 2.18. The third-order valence-electron chi connectivity index (χ3n) is 4.06. The van der Waals surface area contributed by atoms with Gasteiger partial charge in [-0.1, -0.05) is 18.5 Å². The molecule has 0 aliphatic rings. The zero-order valence-electron chi connectivity index (χ0n) is 16.3. The lowest BCUT2D eigenvalue weighted by atomic mass is 10.2. The van der Waals surface area contributed by atoms with E-state index in [9.17, 15) is 9.59 Å². The molecular weight excluding hydrogens is 382 g/mol. The summed E-state index contributed by atoms with van der Waals surface area (Å²) in [7, 11) is 1.52. The Kier molecular flexibility index (Phi) is 7.70. The molecule has 2 rings (SSSR count). The van der Waals surface area contributed by atoms with Crippen LogP contribution in [0, 0.1) is 0 Å². The maximum absolute atomic E-state index is 12.4. The molecule has 28 heavy (non-hydrogen) atoms. The Morgan fingerprint density at radius 3 is 2.36 bits per heavy atom. The van der Waals surface area contributed by atoms with Crippen molar-refractivity contribution in [2.24, 2.45) is 0 Å². The Bertz CT molecular complexity index is 822. The van der Waals surface area contributed by atoms with E-state index in [0.717, 1.165) is 6.42 Å². The summed E-state index contributed by atoms with van der Waals surface area (Å²) in [4.78, 5) is 24.3. The molecule has 2 atom stereocenters. The third-order valence-corrected chi connectivity index (χ3v) is 4.36. The maximum atomic E-state index is 12.4. The van der Waals surface area contributed by atoms with Crippen LogP contribution in [0.15, 0.2) is 42.5 Å². The molecule has 2 aromatic rings. The zero-order valence-corrected chi connectivity index (χ0v) is 17.1. The predicted molar refractivity (Wildman–Crippen MR) is 108 cm³/mol. The number of esters is 1. The molecule has 0 fully saturated rings. The number of ether oxygens (including phenoxy) is 3. The van der Waals surface area contributed by atoms with Crippen LogP contribution in [-0.2, 0) is 9.53 Å². The fourth-order valence-corrected chi connectivity index (χ4v) is 2.52. The first kappa shape index (κ1) is 21.6. The number of carbonyl (C=O) groups excluding carboxylic acids is 2. The van der Waals surface area contributed by atoms with Crippen LogP contribution in [0.2, 0.25) is 5.02 Å². The van der Waals surface area contributed by atoms with Gasteiger partial charge in [0, 0.05) is 11.3 Å². The van der Waals surface area contributed by atoms with Crippen LogP contribution in [0.3, 0.4) is 0 Å². The smallest absolute Gasteiger partial charge is 0.347 e. The Balaban J connectivity index is 1.97. The Hall–Kier alpha value is -2.73. The van der Waals surface area contributed by atoms with E-state index in [-0.39, 0.29) is 12.0 Å². The number of carbonyl (C=O) groups is 2. The van der Waals surface area contributed by atoms with Gasteiger partial charge in [-0.3, -0.25) is 4.79 Å². The number of amides is 1. The van der Waals surface area contributed by atoms with Crippen molar-refractivity contribution in [3.63, 3.8) is 0 Å². The summed E-state index contributed by atoms with van der Waals surface area (Å²) in [5.74, 6) is 0.282. The van der Waals surface area contributed by atoms with E-state index in [4.69, 9.17) is 25.8 Å². The van der Waals surface area contributed by atoms with E-state index in [1.54, 1.807) is 49.4 Å². The molecule has 2 aromatic carbocycles. The summed E-state index contributed by atoms with van der Waals surface area (Å²) in [6, 6.07) is 11.5. The number of nitrogens with one attached hydrogen (secondary N) is 1. The third kappa shape index (κ3) is 5.89. The van der Waals surface area contributed by atoms with Gasteiger partial charge in [0.25, 0.3) is 5.91 Å². The van der Waals surface area contributed by atoms with Gasteiger partial charge in [0.1, 0.15) is 11.5 Å². The van der Waals surface area contributed by atoms with Crippen molar-refractivity contribution in [1.82, 2.24) is 0 Å². The van der Waals surface area contributed by atoms with E-state index >= 15 is 0 Å². The topological polar surface area (TPSA) is 73.9 Å². The number of benzene rings is 2. The van der Waals surface area contributed by atoms with Crippen molar-refractivity contribution in [3.8, 4) is 11.5 Å². The minimum absolute atomic E-state index is 0.156. The van der Waals surface area contributed by atoms with Crippen LogP contribution in [0.1, 0.15) is 37.6 Å². The minimum atomic E-state index is -0.741. The first-order valence-electron chi connectivity index (χ1n) is 8.96. The molecule has 0 radical (unpaired) electrons. The van der Waals surface area contributed by atoms with E-state index < -0.39 is 12.1 Å². The second-order valence-corrected chi connectivity index (χ2v) is 6.65. The van der Waals surface area contributed by atoms with Gasteiger partial charge in [-0.25, -0.2) is 4.79 Å². The molecular formula is C21H24ClNO5. The van der Waals surface area contributed by atoms with Gasteiger partial charge < -0.3 is 19.5 Å². The van der Waals surface area contributed by atoms with Gasteiger partial charge in [0.05, 0.1) is 18.2 Å². The second-order valence-electron chi connectivity index (χ2n) is 6.24. The molecule has 0 bridgehead atoms. The lowest BCUT2D eigenvalue weighted by Gasteiger charge is -2.17. The maximum Gasteiger partial charge on any atom is 0.347 e. The SMILES string of the molecule is CCC(C)OC(=O)C(C)Oc1ccc(C(=O)Nc2ccc(OC)c(Cl)c2)cc1. The summed E-state index contributed by atoms with van der Waals surface area (Å²) in [5.41, 5.74) is 0.992. The van der Waals surface area contributed by atoms with Crippen molar-refractivity contribution in [2.45, 2.75) is 39.4 Å². The molecule has 0 saturated carbocycles. The van der Waals surface area contributed by atoms with Gasteiger partial charge in [0.2, 0.25) is 0 Å². The Morgan fingerprint density at radius 2 is 1.79 bits per heavy atom. The quantitative estimate of drug-likeness (QED) is 0.644. The predicted octanol–water partition coefficient (Wildman–Crippen LogP) is 4.71. The summed E-state index contributed by atoms with van der Waals surface area (Å²) < 4.78 is 15.9. The monoisotopic (exact) mass is 405 g/mol. The van der Waals surface area contributed by atoms with Crippen LogP contribution < -0.4 is 14.8 Å². The molecule has 0 spiro atoms. The molecule has 1 N–H and O–H groups in total. The highest BCUT2D eigenvalue weighted by atomic mass is 35.5. The lowest BCUT2D eigenvalue weighted by Crippen LogP contribution is -2.29. The van der Waals surface area contributed by atoms with Crippen LogP contribution in [0.5, 0.6) is 11.5 Å². The number of halogens is 1. The van der Waals surface area contributed by atoms with Crippen molar-refractivity contribution < 1.29 is 23.8 Å². The summed E-state index contributed by atoms with van der Waals surface area (Å²) >= 11 is 6.06. The molecule has 0 aromatic heterocycles. The minimum Gasteiger partial charge on any atom is -0.495 e. The van der Waals surface area contributed by atoms with Crippen LogP contribution in [-0.4, -0.2) is 31.2 Å². The number of hydrogen-bond donors (Lipinski definition) is 1. The zero-order chi connectivity index (χ0) is 20.7. The van der Waals surface area contributed by atoms with E-state index in [1.807, 2.05) is 13.8 Å². The van der Waals surface area contributed by atoms with E-state index in [1.165, 1.54) is 7.11 Å². The first-order chi connectivity index (χ1) is 13.3. The molecule has 150 valence electrons. The molecule has 7 heteroatoms. The van der Waals surface area contributed by atoms with Crippen LogP contribution in [0.4, 0.5) is 5.69 Å². The number of hydrogen-bond acceptors (Lipinski definition) is 5. The largest absolute Gasteiger partial charge is 0.495 e. The fraction of sp³-hybridized carbons (Fsp3) is 0.333. The Morgan fingerprint density at radius 1 is 1.11 bits per heavy atom. The van der Waals surface area contributed by atoms with E-state index in [0.29, 0.717) is 27.8 Å². The van der Waals surface area contributed by atoms with Gasteiger partial charge in [-0.05, 0) is 62.7 Å². The number of rotatable bonds is 8. The lowest BCUT2D eigenvalue weighted by molar-refractivity contribution is -0.155. The highest BCUT2D eigenvalue weighted by molar-refractivity contribution is 6.32. The van der Waals surface area contributed by atoms with Crippen molar-refractivity contribution in [2.75, 3.05) is 12.4 Å². The van der Waals surface area contributed by atoms with Gasteiger partial charge in [-0.15, -0.1) is 0 Å². The van der Waals surface area contributed by atoms with Crippen molar-refractivity contribution in [1.29, 1.82) is 0 Å². The van der Waals surface area contributed by atoms with Crippen LogP contribution >= 0.6 is 11.6 Å². The van der Waals surface area contributed by atoms with Crippen LogP contribution in [0.25, 0.3) is 0 Å². The Labute approximate surface area is 169 Å². The summed E-state index contributed by atoms with van der Waals surface area (Å²) in [6.45, 7) is 5.39. The summed E-state index contributed by atoms with van der Waals surface area (Å²) in [5, 5.41) is 3.17. The number of methoxy groups -OCH3 is 1. The van der Waals surface area contributed by atoms with Crippen molar-refractivity contribution >= 4 is 29.2 Å². The van der Waals surface area contributed by atoms with Gasteiger partial charge in [0.15, 0.2) is 6.10 Å². The normalized spacial score (nSPS) is 12.6. The summed E-state index contributed by atoms with van der Waals surface area (Å²) in [6.07, 6.45) is -0.159.